The van der Waals surface area contributed by atoms with E-state index in [4.69, 9.17) is 4.74 Å². The molecule has 100 valence electrons. The van der Waals surface area contributed by atoms with Gasteiger partial charge in [-0.25, -0.2) is 15.2 Å². The van der Waals surface area contributed by atoms with E-state index < -0.39 is 11.7 Å². The van der Waals surface area contributed by atoms with Crippen molar-refractivity contribution in [3.63, 3.8) is 0 Å². The van der Waals surface area contributed by atoms with Gasteiger partial charge in [0.05, 0.1) is 17.2 Å². The van der Waals surface area contributed by atoms with Crippen molar-refractivity contribution in [2.45, 2.75) is 26.4 Å². The Morgan fingerprint density at radius 2 is 2.16 bits per heavy atom. The van der Waals surface area contributed by atoms with Crippen molar-refractivity contribution in [3.05, 3.63) is 30.1 Å². The fourth-order valence-corrected chi connectivity index (χ4v) is 1.48. The highest BCUT2D eigenvalue weighted by molar-refractivity contribution is 5.84. The van der Waals surface area contributed by atoms with Crippen LogP contribution in [-0.4, -0.2) is 27.9 Å². The van der Waals surface area contributed by atoms with E-state index in [1.807, 2.05) is 24.3 Å². The molecule has 0 aliphatic heterocycles. The highest BCUT2D eigenvalue weighted by Gasteiger charge is 2.15. The van der Waals surface area contributed by atoms with Crippen LogP contribution in [0.3, 0.4) is 0 Å². The maximum atomic E-state index is 11.3. The number of H-pyrrole nitrogens is 1. The van der Waals surface area contributed by atoms with Gasteiger partial charge in [-0.3, -0.25) is 0 Å². The molecule has 2 rings (SSSR count). The maximum absolute atomic E-state index is 11.3. The first-order valence-electron chi connectivity index (χ1n) is 5.91. The van der Waals surface area contributed by atoms with E-state index in [9.17, 15) is 4.79 Å². The van der Waals surface area contributed by atoms with Gasteiger partial charge in [-0.15, -0.1) is 0 Å². The summed E-state index contributed by atoms with van der Waals surface area (Å²) in [6.07, 6.45) is 0.837. The lowest BCUT2D eigenvalue weighted by Gasteiger charge is -2.18. The number of fused-ring (bicyclic) bond motifs is 1. The van der Waals surface area contributed by atoms with Gasteiger partial charge in [0, 0.05) is 0 Å². The van der Waals surface area contributed by atoms with Crippen LogP contribution >= 0.6 is 0 Å². The van der Waals surface area contributed by atoms with Crippen LogP contribution in [0.4, 0.5) is 4.79 Å². The molecule has 0 aliphatic carbocycles. The summed E-state index contributed by atoms with van der Waals surface area (Å²) in [5.41, 5.74) is 3.50. The van der Waals surface area contributed by atoms with Crippen molar-refractivity contribution in [1.82, 2.24) is 15.4 Å². The molecule has 0 bridgehead atoms. The lowest BCUT2D eigenvalue weighted by Crippen LogP contribution is -2.29. The molecule has 1 aromatic carbocycles. The Labute approximate surface area is 110 Å². The second kappa shape index (κ2) is 5.09. The number of hydrogen-bond donors (Lipinski definition) is 2. The van der Waals surface area contributed by atoms with Crippen molar-refractivity contribution in [2.75, 3.05) is 0 Å². The summed E-state index contributed by atoms with van der Waals surface area (Å²) in [6, 6.07) is 7.63. The standard InChI is InChI=1S/C13H16N4O2/c1-13(2,3)19-12(18)17-14-8-11-15-9-6-4-5-7-10(9)16-11/h4-8H,1-3H3,(H,15,16)(H,17,18)/b14-8+. The third kappa shape index (κ3) is 3.80. The number of nitrogens with one attached hydrogen (secondary N) is 2. The van der Waals surface area contributed by atoms with Crippen molar-refractivity contribution in [1.29, 1.82) is 0 Å². The van der Waals surface area contributed by atoms with E-state index in [-0.39, 0.29) is 0 Å². The number of amides is 1. The minimum atomic E-state index is -0.597. The summed E-state index contributed by atoms with van der Waals surface area (Å²) < 4.78 is 5.04. The van der Waals surface area contributed by atoms with Crippen LogP contribution in [0.15, 0.2) is 29.4 Å². The second-order valence-corrected chi connectivity index (χ2v) is 5.01. The number of carbonyl (C=O) groups excluding carboxylic acids is 1. The zero-order valence-corrected chi connectivity index (χ0v) is 11.1. The molecular weight excluding hydrogens is 244 g/mol. The van der Waals surface area contributed by atoms with Crippen LogP contribution in [0, 0.1) is 0 Å². The maximum Gasteiger partial charge on any atom is 0.428 e. The monoisotopic (exact) mass is 260 g/mol. The minimum absolute atomic E-state index is 0.543. The first-order chi connectivity index (χ1) is 8.94. The average Bonchev–Trinajstić information content (AvgIpc) is 2.68. The van der Waals surface area contributed by atoms with E-state index in [0.29, 0.717) is 5.82 Å². The van der Waals surface area contributed by atoms with Gasteiger partial charge in [-0.05, 0) is 32.9 Å². The lowest BCUT2D eigenvalue weighted by molar-refractivity contribution is 0.0529. The van der Waals surface area contributed by atoms with Crippen LogP contribution in [-0.2, 0) is 4.74 Å². The quantitative estimate of drug-likeness (QED) is 0.643. The molecule has 19 heavy (non-hydrogen) atoms. The van der Waals surface area contributed by atoms with Crippen LogP contribution in [0.2, 0.25) is 0 Å². The fourth-order valence-electron chi connectivity index (χ4n) is 1.48. The highest BCUT2D eigenvalue weighted by atomic mass is 16.6. The molecule has 0 saturated carbocycles. The molecule has 2 aromatic rings. The predicted octanol–water partition coefficient (Wildman–Crippen LogP) is 2.42. The lowest BCUT2D eigenvalue weighted by atomic mass is 10.2. The first kappa shape index (κ1) is 13.1. The topological polar surface area (TPSA) is 79.4 Å². The van der Waals surface area contributed by atoms with Crippen molar-refractivity contribution in [3.8, 4) is 0 Å². The Hall–Kier alpha value is -2.37. The fraction of sp³-hybridized carbons (Fsp3) is 0.308. The average molecular weight is 260 g/mol. The Balaban J connectivity index is 1.97. The third-order valence-electron chi connectivity index (χ3n) is 2.15. The smallest absolute Gasteiger partial charge is 0.428 e. The van der Waals surface area contributed by atoms with Crippen molar-refractivity contribution in [2.24, 2.45) is 5.10 Å². The van der Waals surface area contributed by atoms with Gasteiger partial charge in [0.15, 0.2) is 5.82 Å². The van der Waals surface area contributed by atoms with Gasteiger partial charge in [0.1, 0.15) is 5.60 Å². The van der Waals surface area contributed by atoms with Crippen LogP contribution in [0.25, 0.3) is 11.0 Å². The number of hydrogen-bond acceptors (Lipinski definition) is 4. The van der Waals surface area contributed by atoms with Crippen molar-refractivity contribution < 1.29 is 9.53 Å². The second-order valence-electron chi connectivity index (χ2n) is 5.01. The summed E-state index contributed by atoms with van der Waals surface area (Å²) in [7, 11) is 0. The van der Waals surface area contributed by atoms with Gasteiger partial charge in [0.2, 0.25) is 0 Å². The zero-order chi connectivity index (χ0) is 13.9. The summed E-state index contributed by atoms with van der Waals surface area (Å²) in [5, 5.41) is 3.78. The number of aromatic nitrogens is 2. The largest absolute Gasteiger partial charge is 0.443 e. The molecule has 0 aliphatic rings. The molecule has 6 nitrogen and oxygen atoms in total. The van der Waals surface area contributed by atoms with E-state index in [1.54, 1.807) is 20.8 Å². The number of hydrazone groups is 1. The first-order valence-corrected chi connectivity index (χ1v) is 5.91. The third-order valence-corrected chi connectivity index (χ3v) is 2.15. The van der Waals surface area contributed by atoms with Gasteiger partial charge in [0.25, 0.3) is 0 Å². The Kier molecular flexibility index (Phi) is 3.50. The molecule has 2 N–H and O–H groups in total. The van der Waals surface area contributed by atoms with Gasteiger partial charge >= 0.3 is 6.09 Å². The summed E-state index contributed by atoms with van der Waals surface area (Å²) >= 11 is 0. The van der Waals surface area contributed by atoms with Crippen LogP contribution < -0.4 is 5.43 Å². The molecule has 1 heterocycles. The number of para-hydroxylation sites is 2. The molecule has 0 fully saturated rings. The summed E-state index contributed by atoms with van der Waals surface area (Å²) in [4.78, 5) is 18.7. The number of aromatic amines is 1. The highest BCUT2D eigenvalue weighted by Crippen LogP contribution is 2.09. The van der Waals surface area contributed by atoms with E-state index in [1.165, 1.54) is 6.21 Å². The van der Waals surface area contributed by atoms with E-state index >= 15 is 0 Å². The van der Waals surface area contributed by atoms with E-state index in [2.05, 4.69) is 20.5 Å². The van der Waals surface area contributed by atoms with Crippen molar-refractivity contribution >= 4 is 23.3 Å². The molecule has 0 radical (unpaired) electrons. The number of benzene rings is 1. The van der Waals surface area contributed by atoms with Gasteiger partial charge < -0.3 is 9.72 Å². The van der Waals surface area contributed by atoms with E-state index in [0.717, 1.165) is 11.0 Å². The number of imidazole rings is 1. The summed E-state index contributed by atoms with van der Waals surface area (Å²) in [6.45, 7) is 5.36. The minimum Gasteiger partial charge on any atom is -0.443 e. The summed E-state index contributed by atoms with van der Waals surface area (Å²) in [5.74, 6) is 0.567. The number of ether oxygens (including phenoxy) is 1. The zero-order valence-electron chi connectivity index (χ0n) is 11.1. The molecule has 0 atom stereocenters. The molecule has 1 amide bonds. The molecule has 6 heteroatoms. The Morgan fingerprint density at radius 3 is 2.84 bits per heavy atom. The molecule has 0 spiro atoms. The molecule has 1 aromatic heterocycles. The normalized spacial score (nSPS) is 11.9. The van der Waals surface area contributed by atoms with Crippen LogP contribution in [0.5, 0.6) is 0 Å². The van der Waals surface area contributed by atoms with Crippen LogP contribution in [0.1, 0.15) is 26.6 Å². The van der Waals surface area contributed by atoms with Gasteiger partial charge in [-0.2, -0.15) is 5.10 Å². The Morgan fingerprint density at radius 1 is 1.42 bits per heavy atom. The molecular formula is C13H16N4O2. The number of carbonyl (C=O) groups is 1. The molecule has 0 unspecified atom stereocenters. The predicted molar refractivity (Wildman–Crippen MR) is 73.1 cm³/mol. The number of rotatable bonds is 2. The molecule has 0 saturated heterocycles. The Bertz CT molecular complexity index is 577. The SMILES string of the molecule is CC(C)(C)OC(=O)N/N=C/c1nc2ccccc2[nH]1. The number of nitrogens with zero attached hydrogens (tertiary/aromatic N) is 2. The van der Waals surface area contributed by atoms with Gasteiger partial charge in [-0.1, -0.05) is 12.1 Å².